The summed E-state index contributed by atoms with van der Waals surface area (Å²) in [6.07, 6.45) is 5.41. The van der Waals surface area contributed by atoms with Crippen molar-refractivity contribution in [2.75, 3.05) is 38.2 Å². The van der Waals surface area contributed by atoms with Crippen molar-refractivity contribution >= 4 is 5.82 Å². The standard InChI is InChI=1S/C10H16N4O/c1-15-9-6-12-4-5-14(8-9)10-7-11-2-3-13-10/h2-3,7,9,12H,4-6,8H2,1H3. The molecular formula is C10H16N4O. The van der Waals surface area contributed by atoms with Crippen molar-refractivity contribution in [2.45, 2.75) is 6.10 Å². The van der Waals surface area contributed by atoms with E-state index >= 15 is 0 Å². The van der Waals surface area contributed by atoms with Gasteiger partial charge in [-0.15, -0.1) is 0 Å². The van der Waals surface area contributed by atoms with E-state index in [0.29, 0.717) is 0 Å². The molecule has 1 atom stereocenters. The van der Waals surface area contributed by atoms with Crippen LogP contribution in [0.1, 0.15) is 0 Å². The SMILES string of the molecule is COC1CNCCN(c2cnccn2)C1. The topological polar surface area (TPSA) is 50.3 Å². The maximum Gasteiger partial charge on any atom is 0.147 e. The average molecular weight is 208 g/mol. The summed E-state index contributed by atoms with van der Waals surface area (Å²) >= 11 is 0. The molecule has 1 N–H and O–H groups in total. The third-order valence-electron chi connectivity index (χ3n) is 2.56. The molecule has 5 nitrogen and oxygen atoms in total. The van der Waals surface area contributed by atoms with E-state index in [4.69, 9.17) is 4.74 Å². The maximum absolute atomic E-state index is 5.37. The van der Waals surface area contributed by atoms with Crippen molar-refractivity contribution in [1.82, 2.24) is 15.3 Å². The van der Waals surface area contributed by atoms with Gasteiger partial charge in [0.1, 0.15) is 5.82 Å². The molecule has 2 heterocycles. The van der Waals surface area contributed by atoms with Crippen LogP contribution in [-0.2, 0) is 4.74 Å². The molecule has 1 aliphatic heterocycles. The minimum absolute atomic E-state index is 0.217. The summed E-state index contributed by atoms with van der Waals surface area (Å²) in [5, 5.41) is 3.33. The van der Waals surface area contributed by atoms with Crippen LogP contribution in [0.15, 0.2) is 18.6 Å². The molecule has 1 aliphatic rings. The molecule has 0 amide bonds. The predicted octanol–water partition coefficient (Wildman–Crippen LogP) is -0.0988. The van der Waals surface area contributed by atoms with E-state index in [-0.39, 0.29) is 6.10 Å². The lowest BCUT2D eigenvalue weighted by atomic mass is 10.3. The lowest BCUT2D eigenvalue weighted by Crippen LogP contribution is -2.34. The van der Waals surface area contributed by atoms with Gasteiger partial charge in [0.15, 0.2) is 0 Å². The van der Waals surface area contributed by atoms with Gasteiger partial charge in [0, 0.05) is 45.7 Å². The molecule has 0 saturated carbocycles. The molecule has 0 spiro atoms. The van der Waals surface area contributed by atoms with Crippen LogP contribution in [0.5, 0.6) is 0 Å². The Morgan fingerprint density at radius 3 is 3.20 bits per heavy atom. The van der Waals surface area contributed by atoms with Crippen LogP contribution in [-0.4, -0.2) is 49.4 Å². The quantitative estimate of drug-likeness (QED) is 0.735. The second-order valence-corrected chi connectivity index (χ2v) is 3.57. The van der Waals surface area contributed by atoms with Crippen LogP contribution in [0, 0.1) is 0 Å². The number of anilines is 1. The molecule has 1 unspecified atom stereocenters. The molecule has 0 radical (unpaired) electrons. The van der Waals surface area contributed by atoms with Gasteiger partial charge in [-0.05, 0) is 0 Å². The van der Waals surface area contributed by atoms with Gasteiger partial charge in [-0.25, -0.2) is 4.98 Å². The fourth-order valence-corrected chi connectivity index (χ4v) is 1.70. The van der Waals surface area contributed by atoms with Crippen molar-refractivity contribution in [3.05, 3.63) is 18.6 Å². The maximum atomic E-state index is 5.37. The highest BCUT2D eigenvalue weighted by Gasteiger charge is 2.18. The number of nitrogens with zero attached hydrogens (tertiary/aromatic N) is 3. The fourth-order valence-electron chi connectivity index (χ4n) is 1.70. The third kappa shape index (κ3) is 2.64. The lowest BCUT2D eigenvalue weighted by Gasteiger charge is -2.23. The Labute approximate surface area is 89.5 Å². The summed E-state index contributed by atoms with van der Waals surface area (Å²) < 4.78 is 5.37. The number of rotatable bonds is 2. The van der Waals surface area contributed by atoms with Crippen LogP contribution in [0.25, 0.3) is 0 Å². The second-order valence-electron chi connectivity index (χ2n) is 3.57. The van der Waals surface area contributed by atoms with Crippen LogP contribution in [0.4, 0.5) is 5.82 Å². The molecule has 1 fully saturated rings. The summed E-state index contributed by atoms with van der Waals surface area (Å²) in [7, 11) is 1.74. The van der Waals surface area contributed by atoms with Gasteiger partial charge >= 0.3 is 0 Å². The molecule has 82 valence electrons. The number of hydrogen-bond donors (Lipinski definition) is 1. The van der Waals surface area contributed by atoms with Gasteiger partial charge in [-0.2, -0.15) is 0 Å². The first-order valence-corrected chi connectivity index (χ1v) is 5.14. The Bertz CT molecular complexity index is 293. The minimum atomic E-state index is 0.217. The molecule has 15 heavy (non-hydrogen) atoms. The van der Waals surface area contributed by atoms with Crippen molar-refractivity contribution in [1.29, 1.82) is 0 Å². The van der Waals surface area contributed by atoms with E-state index in [1.807, 2.05) is 0 Å². The normalized spacial score (nSPS) is 22.5. The van der Waals surface area contributed by atoms with Gasteiger partial charge in [-0.3, -0.25) is 4.98 Å². The van der Waals surface area contributed by atoms with E-state index in [1.54, 1.807) is 25.7 Å². The van der Waals surface area contributed by atoms with Gasteiger partial charge in [-0.1, -0.05) is 0 Å². The van der Waals surface area contributed by atoms with E-state index in [1.165, 1.54) is 0 Å². The highest BCUT2D eigenvalue weighted by Crippen LogP contribution is 2.10. The van der Waals surface area contributed by atoms with Crippen molar-refractivity contribution < 1.29 is 4.74 Å². The summed E-state index contributed by atoms with van der Waals surface area (Å²) in [6.45, 7) is 3.66. The molecule has 1 aromatic heterocycles. The Balaban J connectivity index is 2.07. The molecule has 2 rings (SSSR count). The second kappa shape index (κ2) is 5.04. The van der Waals surface area contributed by atoms with Gasteiger partial charge in [0.05, 0.1) is 12.3 Å². The summed E-state index contributed by atoms with van der Waals surface area (Å²) in [4.78, 5) is 10.6. The van der Waals surface area contributed by atoms with Crippen LogP contribution < -0.4 is 10.2 Å². The monoisotopic (exact) mass is 208 g/mol. The highest BCUT2D eigenvalue weighted by atomic mass is 16.5. The van der Waals surface area contributed by atoms with E-state index in [0.717, 1.165) is 32.0 Å². The highest BCUT2D eigenvalue weighted by molar-refractivity contribution is 5.35. The van der Waals surface area contributed by atoms with Gasteiger partial charge < -0.3 is 15.0 Å². The number of nitrogens with one attached hydrogen (secondary N) is 1. The molecule has 1 aromatic rings. The van der Waals surface area contributed by atoms with E-state index < -0.39 is 0 Å². The Morgan fingerprint density at radius 2 is 2.47 bits per heavy atom. The van der Waals surface area contributed by atoms with Crippen molar-refractivity contribution in [3.8, 4) is 0 Å². The van der Waals surface area contributed by atoms with Crippen LogP contribution in [0.3, 0.4) is 0 Å². The van der Waals surface area contributed by atoms with Gasteiger partial charge in [0.25, 0.3) is 0 Å². The summed E-state index contributed by atoms with van der Waals surface area (Å²) in [5.41, 5.74) is 0. The summed E-state index contributed by atoms with van der Waals surface area (Å²) in [5.74, 6) is 0.920. The van der Waals surface area contributed by atoms with Crippen molar-refractivity contribution in [3.63, 3.8) is 0 Å². The number of ether oxygens (including phenoxy) is 1. The molecule has 0 bridgehead atoms. The number of methoxy groups -OCH3 is 1. The van der Waals surface area contributed by atoms with Gasteiger partial charge in [0.2, 0.25) is 0 Å². The van der Waals surface area contributed by atoms with E-state index in [2.05, 4.69) is 20.2 Å². The zero-order valence-electron chi connectivity index (χ0n) is 8.89. The first-order valence-electron chi connectivity index (χ1n) is 5.14. The number of aromatic nitrogens is 2. The first-order chi connectivity index (χ1) is 7.40. The largest absolute Gasteiger partial charge is 0.378 e. The van der Waals surface area contributed by atoms with Crippen LogP contribution >= 0.6 is 0 Å². The Kier molecular flexibility index (Phi) is 3.47. The lowest BCUT2D eigenvalue weighted by molar-refractivity contribution is 0.112. The zero-order valence-corrected chi connectivity index (χ0v) is 8.89. The molecule has 0 aromatic carbocycles. The zero-order chi connectivity index (χ0) is 10.5. The van der Waals surface area contributed by atoms with E-state index in [9.17, 15) is 0 Å². The van der Waals surface area contributed by atoms with Crippen molar-refractivity contribution in [2.24, 2.45) is 0 Å². The Hall–Kier alpha value is -1.20. The first kappa shape index (κ1) is 10.3. The molecular weight excluding hydrogens is 192 g/mol. The molecule has 5 heteroatoms. The minimum Gasteiger partial charge on any atom is -0.378 e. The smallest absolute Gasteiger partial charge is 0.147 e. The Morgan fingerprint density at radius 1 is 1.53 bits per heavy atom. The fraction of sp³-hybridized carbons (Fsp3) is 0.600. The average Bonchev–Trinajstić information content (AvgIpc) is 2.55. The van der Waals surface area contributed by atoms with Crippen LogP contribution in [0.2, 0.25) is 0 Å². The molecule has 1 saturated heterocycles. The summed E-state index contributed by atoms with van der Waals surface area (Å²) in [6, 6.07) is 0. The predicted molar refractivity (Wildman–Crippen MR) is 57.9 cm³/mol. The molecule has 0 aliphatic carbocycles. The number of hydrogen-bond acceptors (Lipinski definition) is 5. The third-order valence-corrected chi connectivity index (χ3v) is 2.56.